The van der Waals surface area contributed by atoms with E-state index in [1.165, 1.54) is 18.4 Å². The highest BCUT2D eigenvalue weighted by Gasteiger charge is 2.38. The number of halogens is 1. The number of nitrogens with one attached hydrogen (secondary N) is 1. The second-order valence-electron chi connectivity index (χ2n) is 8.12. The largest absolute Gasteiger partial charge is 0.378 e. The van der Waals surface area contributed by atoms with Gasteiger partial charge in [0.2, 0.25) is 0 Å². The van der Waals surface area contributed by atoms with Gasteiger partial charge < -0.3 is 9.72 Å². The Bertz CT molecular complexity index is 1100. The number of nitrogens with zero attached hydrogens (tertiary/aromatic N) is 3. The van der Waals surface area contributed by atoms with E-state index in [1.807, 2.05) is 0 Å². The molecule has 5 rings (SSSR count). The van der Waals surface area contributed by atoms with E-state index in [2.05, 4.69) is 41.0 Å². The zero-order valence-corrected chi connectivity index (χ0v) is 16.1. The third-order valence-electron chi connectivity index (χ3n) is 5.80. The van der Waals surface area contributed by atoms with Crippen LogP contribution in [0.4, 0.5) is 4.39 Å². The smallest absolute Gasteiger partial charge is 0.262 e. The Kier molecular flexibility index (Phi) is 3.91. The highest BCUT2D eigenvalue weighted by molar-refractivity contribution is 5.73. The average Bonchev–Trinajstić information content (AvgIpc) is 3.42. The van der Waals surface area contributed by atoms with E-state index in [4.69, 9.17) is 4.74 Å². The predicted molar refractivity (Wildman–Crippen MR) is 104 cm³/mol. The fourth-order valence-electron chi connectivity index (χ4n) is 4.19. The minimum atomic E-state index is -1.77. The van der Waals surface area contributed by atoms with E-state index in [9.17, 15) is 4.79 Å². The molecule has 0 spiro atoms. The molecule has 3 heterocycles. The van der Waals surface area contributed by atoms with Crippen molar-refractivity contribution in [3.8, 4) is 5.69 Å². The van der Waals surface area contributed by atoms with E-state index < -0.39 is 5.67 Å². The van der Waals surface area contributed by atoms with Gasteiger partial charge in [0, 0.05) is 12.8 Å². The summed E-state index contributed by atoms with van der Waals surface area (Å²) in [6.07, 6.45) is 5.06. The van der Waals surface area contributed by atoms with Crippen molar-refractivity contribution in [1.29, 1.82) is 0 Å². The van der Waals surface area contributed by atoms with Crippen molar-refractivity contribution in [1.82, 2.24) is 19.7 Å². The van der Waals surface area contributed by atoms with Crippen molar-refractivity contribution in [3.05, 3.63) is 51.2 Å². The number of aryl methyl sites for hydroxylation is 2. The van der Waals surface area contributed by atoms with E-state index >= 15 is 4.39 Å². The fourth-order valence-corrected chi connectivity index (χ4v) is 4.19. The summed E-state index contributed by atoms with van der Waals surface area (Å²) in [7, 11) is 0. The molecule has 3 aromatic rings. The third-order valence-corrected chi connectivity index (χ3v) is 5.80. The van der Waals surface area contributed by atoms with Gasteiger partial charge in [0.25, 0.3) is 5.56 Å². The van der Waals surface area contributed by atoms with E-state index in [-0.39, 0.29) is 30.1 Å². The zero-order chi connectivity index (χ0) is 19.5. The molecule has 2 fully saturated rings. The number of hydrogen-bond acceptors (Lipinski definition) is 4. The Morgan fingerprint density at radius 1 is 1.29 bits per heavy atom. The summed E-state index contributed by atoms with van der Waals surface area (Å²) < 4.78 is 22.2. The predicted octanol–water partition coefficient (Wildman–Crippen LogP) is 3.58. The van der Waals surface area contributed by atoms with E-state index in [0.717, 1.165) is 16.8 Å². The van der Waals surface area contributed by atoms with Crippen LogP contribution in [0.1, 0.15) is 54.1 Å². The van der Waals surface area contributed by atoms with Gasteiger partial charge >= 0.3 is 0 Å². The number of aromatic nitrogens is 4. The summed E-state index contributed by atoms with van der Waals surface area (Å²) >= 11 is 0. The maximum Gasteiger partial charge on any atom is 0.262 e. The van der Waals surface area contributed by atoms with Crippen LogP contribution in [0.25, 0.3) is 16.7 Å². The Morgan fingerprint density at radius 2 is 2.04 bits per heavy atom. The van der Waals surface area contributed by atoms with Gasteiger partial charge in [-0.3, -0.25) is 4.79 Å². The fraction of sp³-hybridized carbons (Fsp3) is 0.476. The molecule has 1 unspecified atom stereocenters. The highest BCUT2D eigenvalue weighted by atomic mass is 19.1. The first-order valence-electron chi connectivity index (χ1n) is 9.83. The van der Waals surface area contributed by atoms with Crippen LogP contribution in [-0.2, 0) is 10.4 Å². The number of benzene rings is 1. The molecule has 1 aliphatic carbocycles. The molecule has 1 aliphatic heterocycles. The van der Waals surface area contributed by atoms with Crippen LogP contribution in [0.2, 0.25) is 0 Å². The summed E-state index contributed by atoms with van der Waals surface area (Å²) in [4.78, 5) is 19.6. The molecule has 1 saturated heterocycles. The lowest BCUT2D eigenvalue weighted by Gasteiger charge is -2.27. The van der Waals surface area contributed by atoms with Gasteiger partial charge in [0.1, 0.15) is 5.39 Å². The quantitative estimate of drug-likeness (QED) is 0.752. The molecular formula is C21H23FN4O2. The second kappa shape index (κ2) is 6.24. The van der Waals surface area contributed by atoms with Crippen LogP contribution in [0.3, 0.4) is 0 Å². The number of fused-ring (bicyclic) bond motifs is 1. The lowest BCUT2D eigenvalue weighted by Crippen LogP contribution is -2.35. The Labute approximate surface area is 161 Å². The van der Waals surface area contributed by atoms with Gasteiger partial charge in [-0.05, 0) is 62.1 Å². The minimum absolute atomic E-state index is 0.00692. The minimum Gasteiger partial charge on any atom is -0.378 e. The van der Waals surface area contributed by atoms with Crippen LogP contribution >= 0.6 is 0 Å². The molecule has 0 amide bonds. The molecule has 146 valence electrons. The summed E-state index contributed by atoms with van der Waals surface area (Å²) in [6.45, 7) is 4.55. The first-order chi connectivity index (χ1) is 13.4. The summed E-state index contributed by atoms with van der Waals surface area (Å²) in [5.41, 5.74) is 2.63. The van der Waals surface area contributed by atoms with Gasteiger partial charge in [-0.15, -0.1) is 5.10 Å². The first kappa shape index (κ1) is 17.6. The van der Waals surface area contributed by atoms with E-state index in [0.29, 0.717) is 24.3 Å². The normalized spacial score (nSPS) is 22.7. The lowest BCUT2D eigenvalue weighted by atomic mass is 9.98. The molecule has 0 bridgehead atoms. The highest BCUT2D eigenvalue weighted by Crippen LogP contribution is 2.41. The molecule has 2 aliphatic rings. The lowest BCUT2D eigenvalue weighted by molar-refractivity contribution is -0.0397. The van der Waals surface area contributed by atoms with Crippen LogP contribution in [-0.4, -0.2) is 33.0 Å². The van der Waals surface area contributed by atoms with Crippen LogP contribution in [0, 0.1) is 13.8 Å². The molecule has 1 N–H and O–H groups in total. The maximum absolute atomic E-state index is 15.2. The molecule has 6 nitrogen and oxygen atoms in total. The molecule has 7 heteroatoms. The van der Waals surface area contributed by atoms with Gasteiger partial charge in [0.05, 0.1) is 12.3 Å². The number of alkyl halides is 1. The molecule has 1 saturated carbocycles. The monoisotopic (exact) mass is 382 g/mol. The third kappa shape index (κ3) is 2.85. The summed E-state index contributed by atoms with van der Waals surface area (Å²) in [5, 5.41) is 4.88. The van der Waals surface area contributed by atoms with E-state index in [1.54, 1.807) is 10.9 Å². The van der Waals surface area contributed by atoms with Crippen molar-refractivity contribution in [2.45, 2.75) is 51.1 Å². The topological polar surface area (TPSA) is 72.8 Å². The summed E-state index contributed by atoms with van der Waals surface area (Å²) in [6, 6.07) is 4.40. The maximum atomic E-state index is 15.2. The molecule has 28 heavy (non-hydrogen) atoms. The number of aromatic amines is 1. The number of rotatable bonds is 3. The van der Waals surface area contributed by atoms with Gasteiger partial charge in [-0.2, -0.15) is 0 Å². The number of H-pyrrole nitrogens is 1. The van der Waals surface area contributed by atoms with Crippen molar-refractivity contribution in [2.75, 3.05) is 13.2 Å². The molecular weight excluding hydrogens is 359 g/mol. The second-order valence-corrected chi connectivity index (χ2v) is 8.12. The molecule has 1 atom stereocenters. The first-order valence-corrected chi connectivity index (χ1v) is 9.83. The molecule has 2 aromatic heterocycles. The number of hydrogen-bond donors (Lipinski definition) is 1. The van der Waals surface area contributed by atoms with Crippen LogP contribution < -0.4 is 5.56 Å². The van der Waals surface area contributed by atoms with Gasteiger partial charge in [-0.1, -0.05) is 12.1 Å². The van der Waals surface area contributed by atoms with Crippen molar-refractivity contribution in [3.63, 3.8) is 0 Å². The van der Waals surface area contributed by atoms with Gasteiger partial charge in [-0.25, -0.2) is 14.1 Å². The number of ether oxygens (including phenoxy) is 1. The van der Waals surface area contributed by atoms with Crippen LogP contribution in [0.15, 0.2) is 23.1 Å². The molecule has 1 aromatic carbocycles. The summed E-state index contributed by atoms with van der Waals surface area (Å²) in [5.74, 6) is 0.682. The molecule has 0 radical (unpaired) electrons. The van der Waals surface area contributed by atoms with Crippen LogP contribution in [0.5, 0.6) is 0 Å². The Balaban J connectivity index is 1.61. The Morgan fingerprint density at radius 3 is 2.68 bits per heavy atom. The van der Waals surface area contributed by atoms with Gasteiger partial charge in [0.15, 0.2) is 17.1 Å². The van der Waals surface area contributed by atoms with Crippen molar-refractivity contribution >= 4 is 11.0 Å². The zero-order valence-electron chi connectivity index (χ0n) is 16.1. The van der Waals surface area contributed by atoms with Crippen molar-refractivity contribution < 1.29 is 9.13 Å². The Hall–Kier alpha value is -2.54. The average molecular weight is 382 g/mol. The van der Waals surface area contributed by atoms with Crippen molar-refractivity contribution in [2.24, 2.45) is 0 Å². The SMILES string of the molecule is Cc1cc(C2CC2)cc(C)c1-n1cc2c(=O)[nH]c(C3(F)CCCOC3)nc2n1. The standard InChI is InChI=1S/C21H23FN4O2/c1-12-8-15(14-4-5-14)9-13(2)17(12)26-10-16-18(25-26)23-20(24-19(16)27)21(22)6-3-7-28-11-21/h8-10,14H,3-7,11H2,1-2H3,(H,23,24,25,27).